The Morgan fingerprint density at radius 3 is 2.26 bits per heavy atom. The molecule has 5 heteroatoms. The van der Waals surface area contributed by atoms with Crippen LogP contribution in [-0.4, -0.2) is 23.0 Å². The fourth-order valence-corrected chi connectivity index (χ4v) is 2.86. The van der Waals surface area contributed by atoms with Gasteiger partial charge in [0.25, 0.3) is 0 Å². The van der Waals surface area contributed by atoms with Crippen LogP contribution in [0.5, 0.6) is 17.2 Å². The van der Waals surface area contributed by atoms with E-state index in [9.17, 15) is 0 Å². The second kappa shape index (κ2) is 8.36. The third kappa shape index (κ3) is 4.64. The van der Waals surface area contributed by atoms with Gasteiger partial charge < -0.3 is 9.47 Å². The second-order valence-corrected chi connectivity index (χ2v) is 6.25. The molecule has 27 heavy (non-hydrogen) atoms. The lowest BCUT2D eigenvalue weighted by Crippen LogP contribution is -2.00. The van der Waals surface area contributed by atoms with E-state index in [4.69, 9.17) is 9.47 Å². The number of H-pyrrole nitrogens is 1. The molecule has 0 fully saturated rings. The smallest absolute Gasteiger partial charge is 0.127 e. The largest absolute Gasteiger partial charge is 0.493 e. The van der Waals surface area contributed by atoms with Crippen molar-refractivity contribution in [3.05, 3.63) is 72.6 Å². The normalized spacial score (nSPS) is 13.3. The first kappa shape index (κ1) is 17.1. The van der Waals surface area contributed by atoms with E-state index in [2.05, 4.69) is 21.3 Å². The first-order chi connectivity index (χ1) is 13.4. The van der Waals surface area contributed by atoms with Crippen LogP contribution in [-0.2, 0) is 0 Å². The molecule has 3 aromatic rings. The zero-order chi connectivity index (χ0) is 18.3. The maximum Gasteiger partial charge on any atom is 0.127 e. The predicted molar refractivity (Wildman–Crippen MR) is 106 cm³/mol. The van der Waals surface area contributed by atoms with Gasteiger partial charge in [-0.05, 0) is 73.0 Å². The van der Waals surface area contributed by atoms with Crippen LogP contribution in [0.15, 0.2) is 77.6 Å². The lowest BCUT2D eigenvalue weighted by Gasteiger charge is -2.10. The van der Waals surface area contributed by atoms with Gasteiger partial charge in [-0.15, -0.1) is 0 Å². The number of aliphatic imine (C=N–C) groups is 1. The van der Waals surface area contributed by atoms with Crippen LogP contribution in [0.1, 0.15) is 19.3 Å². The van der Waals surface area contributed by atoms with E-state index >= 15 is 0 Å². The third-order valence-electron chi connectivity index (χ3n) is 4.29. The van der Waals surface area contributed by atoms with Crippen LogP contribution in [0, 0.1) is 0 Å². The number of benzene rings is 2. The molecule has 0 atom stereocenters. The standard InChI is InChI=1S/C22H21N3O2/c1-2-14-23-18(3-1)13-16-26-19-8-10-21(11-9-19)27-20-6-4-17(5-7-20)22-12-15-24-25-22/h3-12,14-15H,1-2,13,16H2,(H,24,25). The molecule has 0 aliphatic carbocycles. The molecule has 0 bridgehead atoms. The number of nitrogens with zero attached hydrogens (tertiary/aromatic N) is 2. The van der Waals surface area contributed by atoms with Crippen molar-refractivity contribution in [1.82, 2.24) is 10.2 Å². The minimum Gasteiger partial charge on any atom is -0.493 e. The molecular formula is C22H21N3O2. The molecule has 1 N–H and O–H groups in total. The summed E-state index contributed by atoms with van der Waals surface area (Å²) in [5.74, 6) is 2.39. The molecule has 0 saturated carbocycles. The highest BCUT2D eigenvalue weighted by molar-refractivity contribution is 5.60. The van der Waals surface area contributed by atoms with Gasteiger partial charge in [0.05, 0.1) is 12.3 Å². The minimum absolute atomic E-state index is 0.623. The van der Waals surface area contributed by atoms with E-state index in [0.29, 0.717) is 6.61 Å². The number of allylic oxidation sites excluding steroid dienone is 1. The van der Waals surface area contributed by atoms with Gasteiger partial charge in [0.2, 0.25) is 0 Å². The summed E-state index contributed by atoms with van der Waals surface area (Å²) < 4.78 is 11.7. The lowest BCUT2D eigenvalue weighted by atomic mass is 10.1. The quantitative estimate of drug-likeness (QED) is 0.615. The summed E-state index contributed by atoms with van der Waals surface area (Å²) in [7, 11) is 0. The molecular weight excluding hydrogens is 338 g/mol. The van der Waals surface area contributed by atoms with Crippen LogP contribution in [0.4, 0.5) is 0 Å². The number of ether oxygens (including phenoxy) is 2. The summed E-state index contributed by atoms with van der Waals surface area (Å²) in [6, 6.07) is 17.5. The van der Waals surface area contributed by atoms with Crippen molar-refractivity contribution < 1.29 is 9.47 Å². The Morgan fingerprint density at radius 1 is 0.852 bits per heavy atom. The highest BCUT2D eigenvalue weighted by Gasteiger charge is 2.03. The lowest BCUT2D eigenvalue weighted by molar-refractivity contribution is 0.320. The van der Waals surface area contributed by atoms with Crippen molar-refractivity contribution in [3.63, 3.8) is 0 Å². The summed E-state index contributed by atoms with van der Waals surface area (Å²) in [6.45, 7) is 0.623. The predicted octanol–water partition coefficient (Wildman–Crippen LogP) is 5.39. The van der Waals surface area contributed by atoms with Crippen molar-refractivity contribution in [2.45, 2.75) is 19.3 Å². The van der Waals surface area contributed by atoms with Gasteiger partial charge >= 0.3 is 0 Å². The van der Waals surface area contributed by atoms with Gasteiger partial charge in [0.15, 0.2) is 0 Å². The summed E-state index contributed by atoms with van der Waals surface area (Å²) in [6.07, 6.45) is 8.84. The van der Waals surface area contributed by atoms with E-state index in [1.807, 2.05) is 60.8 Å². The first-order valence-electron chi connectivity index (χ1n) is 9.09. The van der Waals surface area contributed by atoms with Gasteiger partial charge in [0, 0.05) is 24.5 Å². The molecule has 2 aromatic carbocycles. The number of aromatic amines is 1. The number of aromatic nitrogens is 2. The van der Waals surface area contributed by atoms with Crippen LogP contribution >= 0.6 is 0 Å². The zero-order valence-electron chi connectivity index (χ0n) is 15.0. The minimum atomic E-state index is 0.623. The highest BCUT2D eigenvalue weighted by atomic mass is 16.5. The number of hydrogen-bond acceptors (Lipinski definition) is 4. The summed E-state index contributed by atoms with van der Waals surface area (Å²) in [4.78, 5) is 4.37. The topological polar surface area (TPSA) is 59.5 Å². The van der Waals surface area contributed by atoms with E-state index in [1.54, 1.807) is 6.20 Å². The Morgan fingerprint density at radius 2 is 1.59 bits per heavy atom. The van der Waals surface area contributed by atoms with Gasteiger partial charge in [-0.3, -0.25) is 10.1 Å². The Bertz CT molecular complexity index is 911. The summed E-state index contributed by atoms with van der Waals surface area (Å²) >= 11 is 0. The van der Waals surface area contributed by atoms with Gasteiger partial charge in [-0.2, -0.15) is 5.10 Å². The molecule has 0 unspecified atom stereocenters. The van der Waals surface area contributed by atoms with Crippen LogP contribution in [0.25, 0.3) is 11.3 Å². The number of rotatable bonds is 7. The molecule has 0 saturated heterocycles. The molecule has 0 amide bonds. The Labute approximate surface area is 158 Å². The van der Waals surface area contributed by atoms with Crippen molar-refractivity contribution in [3.8, 4) is 28.5 Å². The van der Waals surface area contributed by atoms with E-state index in [-0.39, 0.29) is 0 Å². The van der Waals surface area contributed by atoms with Crippen molar-refractivity contribution in [1.29, 1.82) is 0 Å². The fraction of sp³-hybridized carbons (Fsp3) is 0.182. The number of nitrogens with one attached hydrogen (secondary N) is 1. The monoisotopic (exact) mass is 359 g/mol. The average molecular weight is 359 g/mol. The molecule has 0 spiro atoms. The van der Waals surface area contributed by atoms with E-state index in [1.165, 1.54) is 0 Å². The van der Waals surface area contributed by atoms with Gasteiger partial charge in [-0.25, -0.2) is 0 Å². The molecule has 0 radical (unpaired) electrons. The number of hydrogen-bond donors (Lipinski definition) is 1. The average Bonchev–Trinajstić information content (AvgIpc) is 3.26. The summed E-state index contributed by atoms with van der Waals surface area (Å²) in [5.41, 5.74) is 3.17. The van der Waals surface area contributed by atoms with Crippen molar-refractivity contribution in [2.75, 3.05) is 6.61 Å². The van der Waals surface area contributed by atoms with Gasteiger partial charge in [0.1, 0.15) is 17.2 Å². The molecule has 1 aromatic heterocycles. The maximum absolute atomic E-state index is 5.90. The van der Waals surface area contributed by atoms with Crippen molar-refractivity contribution in [2.24, 2.45) is 4.99 Å². The maximum atomic E-state index is 5.90. The molecule has 2 heterocycles. The summed E-state index contributed by atoms with van der Waals surface area (Å²) in [5, 5.41) is 6.92. The Kier molecular flexibility index (Phi) is 5.29. The van der Waals surface area contributed by atoms with Crippen LogP contribution < -0.4 is 9.47 Å². The second-order valence-electron chi connectivity index (χ2n) is 6.25. The van der Waals surface area contributed by atoms with Gasteiger partial charge in [-0.1, -0.05) is 6.08 Å². The van der Waals surface area contributed by atoms with Crippen LogP contribution in [0.3, 0.4) is 0 Å². The SMILES string of the molecule is C1=NC(CCOc2ccc(Oc3ccc(-c4ccn[nH]4)cc3)cc2)=CCC1. The molecule has 1 aliphatic rings. The van der Waals surface area contributed by atoms with E-state index < -0.39 is 0 Å². The Hall–Kier alpha value is -3.34. The molecule has 1 aliphatic heterocycles. The molecule has 4 rings (SSSR count). The van der Waals surface area contributed by atoms with Crippen molar-refractivity contribution >= 4 is 6.21 Å². The van der Waals surface area contributed by atoms with E-state index in [0.717, 1.165) is 53.5 Å². The first-order valence-corrected chi connectivity index (χ1v) is 9.09. The fourth-order valence-electron chi connectivity index (χ4n) is 2.86. The van der Waals surface area contributed by atoms with Crippen LogP contribution in [0.2, 0.25) is 0 Å². The highest BCUT2D eigenvalue weighted by Crippen LogP contribution is 2.26. The molecule has 5 nitrogen and oxygen atoms in total. The Balaban J connectivity index is 1.30. The third-order valence-corrected chi connectivity index (χ3v) is 4.29. The zero-order valence-corrected chi connectivity index (χ0v) is 15.0. The molecule has 136 valence electrons.